The van der Waals surface area contributed by atoms with Gasteiger partial charge < -0.3 is 4.40 Å². The number of fused-ring (bicyclic) bond motifs is 1. The molecule has 0 saturated heterocycles. The number of allylic oxidation sites excluding steroid dienone is 1. The highest BCUT2D eigenvalue weighted by molar-refractivity contribution is 5.68. The Morgan fingerprint density at radius 1 is 1.25 bits per heavy atom. The van der Waals surface area contributed by atoms with Crippen molar-refractivity contribution in [1.82, 2.24) is 9.38 Å². The summed E-state index contributed by atoms with van der Waals surface area (Å²) in [6, 6.07) is 9.11. The predicted molar refractivity (Wildman–Crippen MR) is 80.0 cm³/mol. The first-order chi connectivity index (χ1) is 9.54. The van der Waals surface area contributed by atoms with Crippen molar-refractivity contribution in [2.45, 2.75) is 13.8 Å². The number of nitrogens with zero attached hydrogens (tertiary/aromatic N) is 2. The van der Waals surface area contributed by atoms with Crippen LogP contribution < -0.4 is 0 Å². The maximum Gasteiger partial charge on any atom is 0.137 e. The van der Waals surface area contributed by atoms with Crippen LogP contribution >= 0.6 is 0 Å². The first-order valence-corrected chi connectivity index (χ1v) is 6.46. The summed E-state index contributed by atoms with van der Waals surface area (Å²) < 4.78 is 16.1. The molecule has 0 fully saturated rings. The van der Waals surface area contributed by atoms with E-state index in [-0.39, 0.29) is 5.82 Å². The molecule has 0 N–H and O–H groups in total. The summed E-state index contributed by atoms with van der Waals surface area (Å²) in [5.74, 6) is -0.273. The fourth-order valence-corrected chi connectivity index (χ4v) is 2.20. The van der Waals surface area contributed by atoms with Crippen molar-refractivity contribution in [1.29, 1.82) is 0 Å². The van der Waals surface area contributed by atoms with Crippen LogP contribution in [0.15, 0.2) is 49.3 Å². The Morgan fingerprint density at radius 2 is 2.05 bits per heavy atom. The van der Waals surface area contributed by atoms with E-state index >= 15 is 0 Å². The summed E-state index contributed by atoms with van der Waals surface area (Å²) in [5, 5.41) is 0. The van der Waals surface area contributed by atoms with Crippen molar-refractivity contribution in [3.63, 3.8) is 0 Å². The second kappa shape index (κ2) is 4.60. The van der Waals surface area contributed by atoms with Gasteiger partial charge in [0.15, 0.2) is 0 Å². The lowest BCUT2D eigenvalue weighted by molar-refractivity contribution is 0.630. The number of hydrogen-bond acceptors (Lipinski definition) is 1. The molecule has 0 amide bonds. The summed E-state index contributed by atoms with van der Waals surface area (Å²) in [6.07, 6.45) is 3.77. The Hall–Kier alpha value is -2.42. The molecule has 0 unspecified atom stereocenters. The molecular formula is C17H15FN2. The number of rotatable bonds is 2. The fraction of sp³-hybridized carbons (Fsp3) is 0.118. The van der Waals surface area contributed by atoms with E-state index in [4.69, 9.17) is 0 Å². The van der Waals surface area contributed by atoms with E-state index in [1.807, 2.05) is 48.8 Å². The number of aryl methyl sites for hydroxylation is 1. The van der Waals surface area contributed by atoms with Crippen LogP contribution in [0.2, 0.25) is 0 Å². The van der Waals surface area contributed by atoms with Gasteiger partial charge in [-0.15, -0.1) is 0 Å². The molecule has 0 bridgehead atoms. The minimum Gasteiger partial charge on any atom is -0.306 e. The quantitative estimate of drug-likeness (QED) is 0.668. The standard InChI is InChI=1S/C17H15FN2/c1-11(2)13-4-5-14(15(18)9-13)16-10-20-7-6-12(3)8-17(20)19-16/h4-10H,1H2,2-3H3. The molecular weight excluding hydrogens is 251 g/mol. The number of hydrogen-bond donors (Lipinski definition) is 0. The Morgan fingerprint density at radius 3 is 2.75 bits per heavy atom. The summed E-state index contributed by atoms with van der Waals surface area (Å²) in [4.78, 5) is 4.48. The lowest BCUT2D eigenvalue weighted by Gasteiger charge is -2.03. The lowest BCUT2D eigenvalue weighted by Crippen LogP contribution is -1.87. The number of aromatic nitrogens is 2. The lowest BCUT2D eigenvalue weighted by atomic mass is 10.0. The SMILES string of the molecule is C=C(C)c1ccc(-c2cn3ccc(C)cc3n2)c(F)c1. The van der Waals surface area contributed by atoms with E-state index < -0.39 is 0 Å². The largest absolute Gasteiger partial charge is 0.306 e. The monoisotopic (exact) mass is 266 g/mol. The average molecular weight is 266 g/mol. The molecule has 3 heteroatoms. The van der Waals surface area contributed by atoms with Crippen LogP contribution in [0.25, 0.3) is 22.5 Å². The van der Waals surface area contributed by atoms with Crippen molar-refractivity contribution < 1.29 is 4.39 Å². The van der Waals surface area contributed by atoms with Gasteiger partial charge in [0.2, 0.25) is 0 Å². The van der Waals surface area contributed by atoms with Gasteiger partial charge in [0.05, 0.1) is 5.69 Å². The zero-order valence-electron chi connectivity index (χ0n) is 11.5. The molecule has 0 spiro atoms. The van der Waals surface area contributed by atoms with Crippen LogP contribution in [0, 0.1) is 12.7 Å². The van der Waals surface area contributed by atoms with Crippen molar-refractivity contribution in [3.8, 4) is 11.3 Å². The highest BCUT2D eigenvalue weighted by Crippen LogP contribution is 2.25. The number of benzene rings is 1. The highest BCUT2D eigenvalue weighted by atomic mass is 19.1. The van der Waals surface area contributed by atoms with Gasteiger partial charge in [0.25, 0.3) is 0 Å². The van der Waals surface area contributed by atoms with Crippen LogP contribution in [0.3, 0.4) is 0 Å². The molecule has 0 aliphatic heterocycles. The van der Waals surface area contributed by atoms with Gasteiger partial charge in [-0.1, -0.05) is 18.2 Å². The third-order valence-electron chi connectivity index (χ3n) is 3.35. The number of halogens is 1. The third-order valence-corrected chi connectivity index (χ3v) is 3.35. The van der Waals surface area contributed by atoms with E-state index in [0.29, 0.717) is 11.3 Å². The van der Waals surface area contributed by atoms with E-state index in [9.17, 15) is 4.39 Å². The minimum atomic E-state index is -0.273. The first kappa shape index (κ1) is 12.6. The van der Waals surface area contributed by atoms with Crippen LogP contribution in [-0.4, -0.2) is 9.38 Å². The van der Waals surface area contributed by atoms with Gasteiger partial charge in [0, 0.05) is 18.0 Å². The second-order valence-corrected chi connectivity index (χ2v) is 5.07. The molecule has 2 nitrogen and oxygen atoms in total. The molecule has 0 aliphatic rings. The normalized spacial score (nSPS) is 10.9. The molecule has 0 atom stereocenters. The maximum absolute atomic E-state index is 14.2. The van der Waals surface area contributed by atoms with Crippen molar-refractivity contribution >= 4 is 11.2 Å². The minimum absolute atomic E-state index is 0.273. The fourth-order valence-electron chi connectivity index (χ4n) is 2.20. The van der Waals surface area contributed by atoms with Gasteiger partial charge >= 0.3 is 0 Å². The van der Waals surface area contributed by atoms with E-state index in [1.54, 1.807) is 6.07 Å². The van der Waals surface area contributed by atoms with Gasteiger partial charge in [-0.25, -0.2) is 9.37 Å². The molecule has 20 heavy (non-hydrogen) atoms. The molecule has 3 aromatic rings. The van der Waals surface area contributed by atoms with E-state index in [2.05, 4.69) is 11.6 Å². The maximum atomic E-state index is 14.2. The molecule has 3 rings (SSSR count). The molecule has 0 saturated carbocycles. The Labute approximate surface area is 117 Å². The summed E-state index contributed by atoms with van der Waals surface area (Å²) >= 11 is 0. The predicted octanol–water partition coefficient (Wildman–Crippen LogP) is 4.48. The topological polar surface area (TPSA) is 17.3 Å². The van der Waals surface area contributed by atoms with Gasteiger partial charge in [-0.3, -0.25) is 0 Å². The first-order valence-electron chi connectivity index (χ1n) is 6.46. The summed E-state index contributed by atoms with van der Waals surface area (Å²) in [5.41, 5.74) is 4.76. The molecule has 100 valence electrons. The second-order valence-electron chi connectivity index (χ2n) is 5.07. The Bertz CT molecular complexity index is 815. The summed E-state index contributed by atoms with van der Waals surface area (Å²) in [6.45, 7) is 7.70. The molecule has 0 aliphatic carbocycles. The summed E-state index contributed by atoms with van der Waals surface area (Å²) in [7, 11) is 0. The molecule has 0 radical (unpaired) electrons. The average Bonchev–Trinajstić information content (AvgIpc) is 2.80. The van der Waals surface area contributed by atoms with Crippen LogP contribution in [0.5, 0.6) is 0 Å². The molecule has 2 heterocycles. The molecule has 1 aromatic carbocycles. The van der Waals surface area contributed by atoms with Gasteiger partial charge in [-0.2, -0.15) is 0 Å². The van der Waals surface area contributed by atoms with Crippen molar-refractivity contribution in [3.05, 3.63) is 66.2 Å². The Balaban J connectivity index is 2.13. The van der Waals surface area contributed by atoms with E-state index in [1.165, 1.54) is 6.07 Å². The zero-order valence-corrected chi connectivity index (χ0v) is 11.5. The van der Waals surface area contributed by atoms with Crippen LogP contribution in [0.1, 0.15) is 18.1 Å². The Kier molecular flexibility index (Phi) is 2.90. The number of pyridine rings is 1. The number of imidazole rings is 1. The smallest absolute Gasteiger partial charge is 0.137 e. The van der Waals surface area contributed by atoms with Crippen LogP contribution in [-0.2, 0) is 0 Å². The van der Waals surface area contributed by atoms with Crippen molar-refractivity contribution in [2.75, 3.05) is 0 Å². The van der Waals surface area contributed by atoms with Crippen LogP contribution in [0.4, 0.5) is 4.39 Å². The van der Waals surface area contributed by atoms with Gasteiger partial charge in [0.1, 0.15) is 11.5 Å². The van der Waals surface area contributed by atoms with Crippen molar-refractivity contribution in [2.24, 2.45) is 0 Å². The highest BCUT2D eigenvalue weighted by Gasteiger charge is 2.10. The third kappa shape index (κ3) is 2.11. The zero-order chi connectivity index (χ0) is 14.3. The van der Waals surface area contributed by atoms with Gasteiger partial charge in [-0.05, 0) is 49.2 Å². The van der Waals surface area contributed by atoms with E-state index in [0.717, 1.165) is 22.3 Å². The molecule has 2 aromatic heterocycles.